The van der Waals surface area contributed by atoms with Gasteiger partial charge in [-0.2, -0.15) is 26.0 Å². The number of benzene rings is 2. The van der Waals surface area contributed by atoms with E-state index in [1.807, 2.05) is 0 Å². The fourth-order valence-corrected chi connectivity index (χ4v) is 2.59. The molecule has 2 aromatic carbocycles. The molecule has 0 N–H and O–H groups in total. The minimum Gasteiger partial charge on any atom is -0.199 e. The van der Waals surface area contributed by atoms with E-state index in [1.165, 1.54) is 6.21 Å². The van der Waals surface area contributed by atoms with E-state index < -0.39 is 21.8 Å². The molecule has 0 aromatic heterocycles. The normalized spacial score (nSPS) is 12.7. The molecule has 2 aromatic rings. The third-order valence-electron chi connectivity index (χ3n) is 3.00. The lowest BCUT2D eigenvalue weighted by atomic mass is 10.1. The highest BCUT2D eigenvalue weighted by Crippen LogP contribution is 2.29. The van der Waals surface area contributed by atoms with Crippen molar-refractivity contribution in [2.24, 2.45) is 4.40 Å². The van der Waals surface area contributed by atoms with Gasteiger partial charge in [-0.25, -0.2) is 0 Å². The molecule has 0 bridgehead atoms. The summed E-state index contributed by atoms with van der Waals surface area (Å²) in [6.45, 7) is 1.80. The van der Waals surface area contributed by atoms with Crippen LogP contribution in [0.2, 0.25) is 0 Å². The lowest BCUT2D eigenvalue weighted by molar-refractivity contribution is -0.137. The predicted octanol–water partition coefficient (Wildman–Crippen LogP) is 3.82. The van der Waals surface area contributed by atoms with Crippen LogP contribution >= 0.6 is 0 Å². The molecule has 116 valence electrons. The Bertz CT molecular complexity index is 794. The summed E-state index contributed by atoms with van der Waals surface area (Å²) in [6.07, 6.45) is -3.32. The summed E-state index contributed by atoms with van der Waals surface area (Å²) in [4.78, 5) is -0.287. The van der Waals surface area contributed by atoms with Crippen molar-refractivity contribution in [3.63, 3.8) is 0 Å². The molecule has 0 heterocycles. The van der Waals surface area contributed by atoms with E-state index in [0.717, 1.165) is 29.8 Å². The maximum absolute atomic E-state index is 12.5. The largest absolute Gasteiger partial charge is 0.416 e. The molecule has 0 amide bonds. The molecule has 0 aliphatic carbocycles. The zero-order chi connectivity index (χ0) is 16.4. The van der Waals surface area contributed by atoms with Crippen molar-refractivity contribution in [1.82, 2.24) is 0 Å². The highest BCUT2D eigenvalue weighted by atomic mass is 32.2. The average molecular weight is 327 g/mol. The van der Waals surface area contributed by atoms with Crippen LogP contribution in [0.1, 0.15) is 16.7 Å². The summed E-state index contributed by atoms with van der Waals surface area (Å²) in [5.41, 5.74) is 0.557. The summed E-state index contributed by atoms with van der Waals surface area (Å²) in [5, 5.41) is 0. The summed E-state index contributed by atoms with van der Waals surface area (Å²) < 4.78 is 64.9. The Kier molecular flexibility index (Phi) is 4.37. The molecular formula is C15H12F3NO2S. The van der Waals surface area contributed by atoms with E-state index in [1.54, 1.807) is 31.2 Å². The Morgan fingerprint density at radius 3 is 2.14 bits per heavy atom. The van der Waals surface area contributed by atoms with Gasteiger partial charge < -0.3 is 0 Å². The molecular weight excluding hydrogens is 315 g/mol. The molecule has 0 aliphatic heterocycles. The topological polar surface area (TPSA) is 46.5 Å². The first-order chi connectivity index (χ1) is 10.2. The van der Waals surface area contributed by atoms with Crippen LogP contribution in [0.4, 0.5) is 13.2 Å². The van der Waals surface area contributed by atoms with Crippen molar-refractivity contribution < 1.29 is 21.6 Å². The number of halogens is 3. The van der Waals surface area contributed by atoms with Gasteiger partial charge in [-0.3, -0.25) is 0 Å². The van der Waals surface area contributed by atoms with Crippen molar-refractivity contribution in [3.05, 3.63) is 65.2 Å². The number of nitrogens with zero attached hydrogens (tertiary/aromatic N) is 1. The van der Waals surface area contributed by atoms with Crippen LogP contribution in [0.3, 0.4) is 0 Å². The highest BCUT2D eigenvalue weighted by Gasteiger charge is 2.30. The van der Waals surface area contributed by atoms with Crippen molar-refractivity contribution in [1.29, 1.82) is 0 Å². The average Bonchev–Trinajstić information content (AvgIpc) is 2.46. The number of sulfonamides is 1. The zero-order valence-corrected chi connectivity index (χ0v) is 12.3. The summed E-state index contributed by atoms with van der Waals surface area (Å²) in [5.74, 6) is 0. The SMILES string of the molecule is Cc1ccccc1C=NS(=O)(=O)c1ccc(C(F)(F)F)cc1. The molecule has 0 fully saturated rings. The van der Waals surface area contributed by atoms with E-state index >= 15 is 0 Å². The number of aryl methyl sites for hydroxylation is 1. The number of rotatable bonds is 3. The lowest BCUT2D eigenvalue weighted by Crippen LogP contribution is -2.05. The number of hydrogen-bond donors (Lipinski definition) is 0. The Labute approximate surface area is 126 Å². The van der Waals surface area contributed by atoms with Gasteiger partial charge in [0, 0.05) is 6.21 Å². The van der Waals surface area contributed by atoms with E-state index in [-0.39, 0.29) is 4.90 Å². The van der Waals surface area contributed by atoms with Gasteiger partial charge in [0.25, 0.3) is 10.0 Å². The minimum atomic E-state index is -4.51. The van der Waals surface area contributed by atoms with Gasteiger partial charge in [-0.05, 0) is 42.3 Å². The van der Waals surface area contributed by atoms with E-state index in [4.69, 9.17) is 0 Å². The quantitative estimate of drug-likeness (QED) is 0.805. The van der Waals surface area contributed by atoms with Crippen LogP contribution in [-0.2, 0) is 16.2 Å². The van der Waals surface area contributed by atoms with Crippen LogP contribution in [0.25, 0.3) is 0 Å². The fraction of sp³-hybridized carbons (Fsp3) is 0.133. The van der Waals surface area contributed by atoms with Crippen molar-refractivity contribution in [2.75, 3.05) is 0 Å². The van der Waals surface area contributed by atoms with Crippen LogP contribution < -0.4 is 0 Å². The van der Waals surface area contributed by atoms with E-state index in [0.29, 0.717) is 5.56 Å². The molecule has 0 spiro atoms. The van der Waals surface area contributed by atoms with Gasteiger partial charge >= 0.3 is 6.18 Å². The number of alkyl halides is 3. The third-order valence-corrected chi connectivity index (χ3v) is 4.25. The Morgan fingerprint density at radius 1 is 1.00 bits per heavy atom. The zero-order valence-electron chi connectivity index (χ0n) is 11.5. The summed E-state index contributed by atoms with van der Waals surface area (Å²) in [7, 11) is -4.04. The summed E-state index contributed by atoms with van der Waals surface area (Å²) >= 11 is 0. The molecule has 0 radical (unpaired) electrons. The maximum Gasteiger partial charge on any atom is 0.416 e. The molecule has 7 heteroatoms. The van der Waals surface area contributed by atoms with Crippen LogP contribution in [0.5, 0.6) is 0 Å². The van der Waals surface area contributed by atoms with Crippen LogP contribution in [0.15, 0.2) is 57.8 Å². The molecule has 0 saturated heterocycles. The van der Waals surface area contributed by atoms with Crippen molar-refractivity contribution >= 4 is 16.2 Å². The Balaban J connectivity index is 2.30. The van der Waals surface area contributed by atoms with Crippen LogP contribution in [-0.4, -0.2) is 14.6 Å². The lowest BCUT2D eigenvalue weighted by Gasteiger charge is -2.06. The first-order valence-corrected chi connectivity index (χ1v) is 7.67. The van der Waals surface area contributed by atoms with Gasteiger partial charge in [-0.1, -0.05) is 24.3 Å². The molecule has 3 nitrogen and oxygen atoms in total. The van der Waals surface area contributed by atoms with E-state index in [2.05, 4.69) is 4.40 Å². The van der Waals surface area contributed by atoms with E-state index in [9.17, 15) is 21.6 Å². The monoisotopic (exact) mass is 327 g/mol. The molecule has 0 atom stereocenters. The number of hydrogen-bond acceptors (Lipinski definition) is 2. The Morgan fingerprint density at radius 2 is 1.59 bits per heavy atom. The van der Waals surface area contributed by atoms with Crippen molar-refractivity contribution in [3.8, 4) is 0 Å². The molecule has 22 heavy (non-hydrogen) atoms. The Hall–Kier alpha value is -2.15. The first-order valence-electron chi connectivity index (χ1n) is 6.23. The van der Waals surface area contributed by atoms with Gasteiger partial charge in [0.15, 0.2) is 0 Å². The minimum absolute atomic E-state index is 0.287. The second-order valence-corrected chi connectivity index (χ2v) is 6.22. The van der Waals surface area contributed by atoms with Gasteiger partial charge in [0.2, 0.25) is 0 Å². The molecule has 0 unspecified atom stereocenters. The predicted molar refractivity (Wildman–Crippen MR) is 77.4 cm³/mol. The maximum atomic E-state index is 12.5. The molecule has 2 rings (SSSR count). The van der Waals surface area contributed by atoms with Gasteiger partial charge in [0.05, 0.1) is 10.5 Å². The van der Waals surface area contributed by atoms with Crippen molar-refractivity contribution in [2.45, 2.75) is 18.0 Å². The second kappa shape index (κ2) is 5.92. The highest BCUT2D eigenvalue weighted by molar-refractivity contribution is 7.90. The second-order valence-electron chi connectivity index (χ2n) is 4.59. The van der Waals surface area contributed by atoms with Crippen LogP contribution in [0, 0.1) is 6.92 Å². The van der Waals surface area contributed by atoms with Gasteiger partial charge in [0.1, 0.15) is 0 Å². The smallest absolute Gasteiger partial charge is 0.199 e. The summed E-state index contributed by atoms with van der Waals surface area (Å²) in [6, 6.07) is 10.3. The molecule has 0 aliphatic rings. The first kappa shape index (κ1) is 16.2. The standard InChI is InChI=1S/C15H12F3NO2S/c1-11-4-2-3-5-12(11)10-19-22(20,21)14-8-6-13(7-9-14)15(16,17)18/h2-10H,1H3. The third kappa shape index (κ3) is 3.73. The molecule has 0 saturated carbocycles. The fourth-order valence-electron chi connectivity index (χ4n) is 1.73. The van der Waals surface area contributed by atoms with Gasteiger partial charge in [-0.15, -0.1) is 0 Å².